The lowest BCUT2D eigenvalue weighted by Gasteiger charge is -2.32. The molecule has 0 aromatic rings. The van der Waals surface area contributed by atoms with Crippen LogP contribution in [-0.4, -0.2) is 61.5 Å². The van der Waals surface area contributed by atoms with Crippen molar-refractivity contribution in [1.29, 1.82) is 0 Å². The highest BCUT2D eigenvalue weighted by molar-refractivity contribution is 5.89. The molecule has 0 spiro atoms. The molecule has 2 aliphatic heterocycles. The molecule has 0 saturated carbocycles. The van der Waals surface area contributed by atoms with Crippen molar-refractivity contribution in [1.82, 2.24) is 15.5 Å². The van der Waals surface area contributed by atoms with Crippen LogP contribution in [0.5, 0.6) is 0 Å². The minimum atomic E-state index is -0.843. The third-order valence-corrected chi connectivity index (χ3v) is 5.91. The smallest absolute Gasteiger partial charge is 0.329 e. The Morgan fingerprint density at radius 3 is 2.74 bits per heavy atom. The number of nitrogens with zero attached hydrogens (tertiary/aromatic N) is 1. The molecular weight excluding hydrogens is 394 g/mol. The van der Waals surface area contributed by atoms with Gasteiger partial charge in [0.25, 0.3) is 0 Å². The van der Waals surface area contributed by atoms with Gasteiger partial charge in [-0.3, -0.25) is 9.59 Å². The third-order valence-electron chi connectivity index (χ3n) is 5.91. The molecule has 7 heteroatoms. The molecule has 0 radical (unpaired) electrons. The first-order chi connectivity index (χ1) is 15.0. The van der Waals surface area contributed by atoms with Gasteiger partial charge in [0.15, 0.2) is 0 Å². The van der Waals surface area contributed by atoms with Crippen molar-refractivity contribution < 1.29 is 19.1 Å². The number of rotatable bonds is 10. The Bertz CT molecular complexity index is 664. The summed E-state index contributed by atoms with van der Waals surface area (Å²) in [4.78, 5) is 39.4. The number of likely N-dealkylation sites (tertiary alicyclic amines) is 1. The fourth-order valence-corrected chi connectivity index (χ4v) is 3.98. The standard InChI is InChI=1S/C24H37N3O4/c1-3-5-6-17-31-24(30)21(8-4-2)26-23(29)20-9-7-16-27(18-20)22(28)11-10-19-12-14-25-15-13-19/h2,10-11,19-21,25H,3,5-9,12-18H2,1H3,(H,26,29)/b11-10+/t20-,21+/m1/s1. The van der Waals surface area contributed by atoms with E-state index in [4.69, 9.17) is 11.2 Å². The average molecular weight is 432 g/mol. The van der Waals surface area contributed by atoms with Gasteiger partial charge in [0.2, 0.25) is 11.8 Å². The summed E-state index contributed by atoms with van der Waals surface area (Å²) in [6, 6.07) is -0.843. The molecule has 2 rings (SSSR count). The monoisotopic (exact) mass is 431 g/mol. The van der Waals surface area contributed by atoms with Crippen LogP contribution in [0, 0.1) is 24.2 Å². The number of carbonyl (C=O) groups is 3. The summed E-state index contributed by atoms with van der Waals surface area (Å²) in [5.41, 5.74) is 0. The Kier molecular flexibility index (Phi) is 11.2. The minimum absolute atomic E-state index is 0.0495. The fourth-order valence-electron chi connectivity index (χ4n) is 3.98. The summed E-state index contributed by atoms with van der Waals surface area (Å²) >= 11 is 0. The molecule has 0 bridgehead atoms. The van der Waals surface area contributed by atoms with Crippen molar-refractivity contribution in [2.75, 3.05) is 32.8 Å². The number of piperidine rings is 2. The number of allylic oxidation sites excluding steroid dienone is 1. The number of esters is 1. The zero-order chi connectivity index (χ0) is 22.5. The van der Waals surface area contributed by atoms with Gasteiger partial charge >= 0.3 is 5.97 Å². The van der Waals surface area contributed by atoms with E-state index in [9.17, 15) is 14.4 Å². The second-order valence-electron chi connectivity index (χ2n) is 8.41. The van der Waals surface area contributed by atoms with E-state index < -0.39 is 12.0 Å². The van der Waals surface area contributed by atoms with Gasteiger partial charge in [0.05, 0.1) is 12.5 Å². The van der Waals surface area contributed by atoms with E-state index in [0.717, 1.165) is 51.6 Å². The quantitative estimate of drug-likeness (QED) is 0.239. The lowest BCUT2D eigenvalue weighted by Crippen LogP contribution is -2.49. The average Bonchev–Trinajstić information content (AvgIpc) is 2.80. The molecule has 31 heavy (non-hydrogen) atoms. The highest BCUT2D eigenvalue weighted by Gasteiger charge is 2.30. The van der Waals surface area contributed by atoms with Gasteiger partial charge in [-0.2, -0.15) is 0 Å². The Labute approximate surface area is 186 Å². The number of terminal acetylenes is 1. The molecule has 0 aromatic carbocycles. The van der Waals surface area contributed by atoms with E-state index in [1.54, 1.807) is 11.0 Å². The van der Waals surface area contributed by atoms with Crippen LogP contribution in [0.25, 0.3) is 0 Å². The molecule has 2 heterocycles. The summed E-state index contributed by atoms with van der Waals surface area (Å²) in [6.45, 7) is 5.37. The minimum Gasteiger partial charge on any atom is -0.464 e. The first-order valence-electron chi connectivity index (χ1n) is 11.6. The van der Waals surface area contributed by atoms with Crippen molar-refractivity contribution in [3.05, 3.63) is 12.2 Å². The molecular formula is C24H37N3O4. The van der Waals surface area contributed by atoms with Crippen molar-refractivity contribution >= 4 is 17.8 Å². The van der Waals surface area contributed by atoms with Crippen LogP contribution in [0.2, 0.25) is 0 Å². The molecule has 0 aliphatic carbocycles. The topological polar surface area (TPSA) is 87.7 Å². The number of nitrogens with one attached hydrogen (secondary N) is 2. The normalized spacial score (nSPS) is 20.8. The summed E-state index contributed by atoms with van der Waals surface area (Å²) in [5.74, 6) is 1.74. The van der Waals surface area contributed by atoms with Gasteiger partial charge in [-0.25, -0.2) is 4.79 Å². The number of ether oxygens (including phenoxy) is 1. The van der Waals surface area contributed by atoms with E-state index >= 15 is 0 Å². The SMILES string of the molecule is C#CC[C@H](NC(=O)[C@@H]1CCCN(C(=O)/C=C/C2CCNCC2)C1)C(=O)OCCCCC. The third kappa shape index (κ3) is 8.74. The van der Waals surface area contributed by atoms with E-state index in [1.807, 2.05) is 6.08 Å². The van der Waals surface area contributed by atoms with Crippen LogP contribution in [-0.2, 0) is 19.1 Å². The Hall–Kier alpha value is -2.33. The van der Waals surface area contributed by atoms with E-state index in [0.29, 0.717) is 32.0 Å². The predicted molar refractivity (Wildman–Crippen MR) is 120 cm³/mol. The second-order valence-corrected chi connectivity index (χ2v) is 8.41. The van der Waals surface area contributed by atoms with E-state index in [1.165, 1.54) is 0 Å². The van der Waals surface area contributed by atoms with Gasteiger partial charge in [-0.15, -0.1) is 12.3 Å². The maximum absolute atomic E-state index is 12.8. The highest BCUT2D eigenvalue weighted by atomic mass is 16.5. The maximum Gasteiger partial charge on any atom is 0.329 e. The van der Waals surface area contributed by atoms with Crippen LogP contribution in [0.1, 0.15) is 58.3 Å². The van der Waals surface area contributed by atoms with Crippen LogP contribution < -0.4 is 10.6 Å². The van der Waals surface area contributed by atoms with Gasteiger partial charge in [-0.05, 0) is 57.2 Å². The van der Waals surface area contributed by atoms with Crippen LogP contribution >= 0.6 is 0 Å². The Morgan fingerprint density at radius 1 is 1.26 bits per heavy atom. The molecule has 0 aromatic heterocycles. The lowest BCUT2D eigenvalue weighted by molar-refractivity contribution is -0.148. The molecule has 2 saturated heterocycles. The molecule has 2 fully saturated rings. The van der Waals surface area contributed by atoms with Crippen molar-refractivity contribution in [2.45, 2.75) is 64.3 Å². The predicted octanol–water partition coefficient (Wildman–Crippen LogP) is 2.02. The van der Waals surface area contributed by atoms with E-state index in [-0.39, 0.29) is 24.2 Å². The van der Waals surface area contributed by atoms with Gasteiger partial charge in [-0.1, -0.05) is 25.8 Å². The van der Waals surface area contributed by atoms with Crippen LogP contribution in [0.4, 0.5) is 0 Å². The van der Waals surface area contributed by atoms with E-state index in [2.05, 4.69) is 23.5 Å². The molecule has 7 nitrogen and oxygen atoms in total. The van der Waals surface area contributed by atoms with Crippen molar-refractivity contribution in [2.24, 2.45) is 11.8 Å². The largest absolute Gasteiger partial charge is 0.464 e. The lowest BCUT2D eigenvalue weighted by atomic mass is 9.95. The number of unbranched alkanes of at least 4 members (excludes halogenated alkanes) is 2. The molecule has 2 atom stereocenters. The van der Waals surface area contributed by atoms with Crippen molar-refractivity contribution in [3.63, 3.8) is 0 Å². The first kappa shape index (κ1) is 24.9. The molecule has 0 unspecified atom stereocenters. The Morgan fingerprint density at radius 2 is 2.03 bits per heavy atom. The number of hydrogen-bond donors (Lipinski definition) is 2. The molecule has 2 amide bonds. The van der Waals surface area contributed by atoms with Gasteiger partial charge < -0.3 is 20.3 Å². The number of amides is 2. The number of carbonyl (C=O) groups excluding carboxylic acids is 3. The molecule has 172 valence electrons. The summed E-state index contributed by atoms with van der Waals surface area (Å²) in [6.07, 6.45) is 15.5. The van der Waals surface area contributed by atoms with Crippen LogP contribution in [0.3, 0.4) is 0 Å². The molecule has 2 aliphatic rings. The van der Waals surface area contributed by atoms with Crippen molar-refractivity contribution in [3.8, 4) is 12.3 Å². The summed E-state index contributed by atoms with van der Waals surface area (Å²) in [7, 11) is 0. The van der Waals surface area contributed by atoms with Gasteiger partial charge in [0.1, 0.15) is 6.04 Å². The second kappa shape index (κ2) is 13.9. The van der Waals surface area contributed by atoms with Gasteiger partial charge in [0, 0.05) is 19.5 Å². The first-order valence-corrected chi connectivity index (χ1v) is 11.6. The van der Waals surface area contributed by atoms with Crippen LogP contribution in [0.15, 0.2) is 12.2 Å². The maximum atomic E-state index is 12.8. The zero-order valence-electron chi connectivity index (χ0n) is 18.7. The summed E-state index contributed by atoms with van der Waals surface area (Å²) in [5, 5.41) is 6.07. The zero-order valence-corrected chi connectivity index (χ0v) is 18.7. The molecule has 2 N–H and O–H groups in total. The highest BCUT2D eigenvalue weighted by Crippen LogP contribution is 2.19. The summed E-state index contributed by atoms with van der Waals surface area (Å²) < 4.78 is 5.27. The Balaban J connectivity index is 1.85. The number of hydrogen-bond acceptors (Lipinski definition) is 5. The fraction of sp³-hybridized carbons (Fsp3) is 0.708.